The number of hydrogen-bond acceptors (Lipinski definition) is 6. The van der Waals surface area contributed by atoms with Crippen LogP contribution >= 0.6 is 11.3 Å². The topological polar surface area (TPSA) is 102 Å². The smallest absolute Gasteiger partial charge is 0.260 e. The highest BCUT2D eigenvalue weighted by Crippen LogP contribution is 2.23. The summed E-state index contributed by atoms with van der Waals surface area (Å²) in [5.74, 6) is -0.00782. The highest BCUT2D eigenvalue weighted by molar-refractivity contribution is 7.89. The van der Waals surface area contributed by atoms with Crippen molar-refractivity contribution in [3.8, 4) is 0 Å². The van der Waals surface area contributed by atoms with Gasteiger partial charge in [0.2, 0.25) is 0 Å². The van der Waals surface area contributed by atoms with E-state index in [1.54, 1.807) is 17.6 Å². The Labute approximate surface area is 125 Å². The molecule has 7 nitrogen and oxygen atoms in total. The Morgan fingerprint density at radius 3 is 2.95 bits per heavy atom. The lowest BCUT2D eigenvalue weighted by atomic mass is 10.3. The lowest BCUT2D eigenvalue weighted by Crippen LogP contribution is -2.25. The molecule has 9 heteroatoms. The van der Waals surface area contributed by atoms with Gasteiger partial charge < -0.3 is 5.73 Å². The van der Waals surface area contributed by atoms with Crippen molar-refractivity contribution >= 4 is 32.1 Å². The molecular formula is C12H13N5O2S2. The first-order valence-electron chi connectivity index (χ1n) is 6.10. The average molecular weight is 323 g/mol. The maximum absolute atomic E-state index is 12.4. The van der Waals surface area contributed by atoms with Gasteiger partial charge in [-0.1, -0.05) is 6.07 Å². The van der Waals surface area contributed by atoms with Crippen molar-refractivity contribution < 1.29 is 8.42 Å². The predicted molar refractivity (Wildman–Crippen MR) is 80.5 cm³/mol. The fourth-order valence-corrected chi connectivity index (χ4v) is 3.96. The van der Waals surface area contributed by atoms with E-state index in [9.17, 15) is 8.42 Å². The van der Waals surface area contributed by atoms with Gasteiger partial charge in [0.25, 0.3) is 10.0 Å². The third kappa shape index (κ3) is 2.62. The van der Waals surface area contributed by atoms with Crippen molar-refractivity contribution in [2.75, 3.05) is 5.73 Å². The first-order chi connectivity index (χ1) is 9.97. The van der Waals surface area contributed by atoms with Crippen molar-refractivity contribution in [3.63, 3.8) is 0 Å². The average Bonchev–Trinajstić information content (AvgIpc) is 2.96. The van der Waals surface area contributed by atoms with Crippen molar-refractivity contribution in [1.29, 1.82) is 0 Å². The van der Waals surface area contributed by atoms with Gasteiger partial charge in [0.05, 0.1) is 12.2 Å². The van der Waals surface area contributed by atoms with Gasteiger partial charge in [-0.25, -0.2) is 18.1 Å². The summed E-state index contributed by atoms with van der Waals surface area (Å²) < 4.78 is 28.8. The van der Waals surface area contributed by atoms with Crippen molar-refractivity contribution in [3.05, 3.63) is 41.2 Å². The zero-order valence-corrected chi connectivity index (χ0v) is 12.8. The van der Waals surface area contributed by atoms with E-state index in [4.69, 9.17) is 5.73 Å². The fourth-order valence-electron chi connectivity index (χ4n) is 1.98. The molecule has 3 aromatic rings. The van der Waals surface area contributed by atoms with Crippen molar-refractivity contribution in [2.45, 2.75) is 18.5 Å². The van der Waals surface area contributed by atoms with Crippen LogP contribution in [0, 0.1) is 6.92 Å². The number of aromatic nitrogens is 3. The predicted octanol–water partition coefficient (Wildman–Crippen LogP) is 1.16. The fraction of sp³-hybridized carbons (Fsp3) is 0.167. The summed E-state index contributed by atoms with van der Waals surface area (Å²) in [6.07, 6.45) is 1.63. The van der Waals surface area contributed by atoms with Crippen LogP contribution in [0.25, 0.3) is 4.96 Å². The minimum absolute atomic E-state index is 0.00782. The highest BCUT2D eigenvalue weighted by atomic mass is 32.2. The van der Waals surface area contributed by atoms with E-state index in [0.717, 1.165) is 5.69 Å². The standard InChI is InChI=1S/C12H13N5O2S2/c1-8-3-2-4-9(15-8)7-14-21(18,19)11-10(13)16-12-17(11)5-6-20-12/h2-6,14H,7,13H2,1H3. The molecule has 3 aromatic heterocycles. The molecular weight excluding hydrogens is 310 g/mol. The van der Waals surface area contributed by atoms with Gasteiger partial charge in [-0.05, 0) is 19.1 Å². The van der Waals surface area contributed by atoms with Crippen LogP contribution in [-0.4, -0.2) is 22.8 Å². The Hall–Kier alpha value is -1.97. The third-order valence-electron chi connectivity index (χ3n) is 2.89. The zero-order chi connectivity index (χ0) is 15.0. The molecule has 0 spiro atoms. The maximum atomic E-state index is 12.4. The Morgan fingerprint density at radius 2 is 2.19 bits per heavy atom. The molecule has 3 N–H and O–H groups in total. The normalized spacial score (nSPS) is 12.0. The second-order valence-electron chi connectivity index (χ2n) is 4.45. The molecule has 0 aromatic carbocycles. The number of anilines is 1. The molecule has 3 rings (SSSR count). The van der Waals surface area contributed by atoms with E-state index in [1.165, 1.54) is 15.7 Å². The summed E-state index contributed by atoms with van der Waals surface area (Å²) in [7, 11) is -3.76. The lowest BCUT2D eigenvalue weighted by Gasteiger charge is -2.06. The maximum Gasteiger partial charge on any atom is 0.260 e. The molecule has 0 atom stereocenters. The summed E-state index contributed by atoms with van der Waals surface area (Å²) in [6, 6.07) is 5.44. The summed E-state index contributed by atoms with van der Waals surface area (Å²) in [5.41, 5.74) is 7.19. The van der Waals surface area contributed by atoms with Crippen molar-refractivity contribution in [1.82, 2.24) is 19.1 Å². The molecule has 0 unspecified atom stereocenters. The first kappa shape index (κ1) is 14.0. The number of aryl methyl sites for hydroxylation is 1. The molecule has 0 saturated carbocycles. The molecule has 0 radical (unpaired) electrons. The molecule has 0 bridgehead atoms. The minimum atomic E-state index is -3.76. The molecule has 21 heavy (non-hydrogen) atoms. The molecule has 0 saturated heterocycles. The second-order valence-corrected chi connectivity index (χ2v) is 7.01. The van der Waals surface area contributed by atoms with Gasteiger partial charge in [0.1, 0.15) is 0 Å². The Morgan fingerprint density at radius 1 is 1.38 bits per heavy atom. The molecule has 0 aliphatic heterocycles. The number of nitrogen functional groups attached to an aromatic ring is 1. The Balaban J connectivity index is 1.90. The summed E-state index contributed by atoms with van der Waals surface area (Å²) in [4.78, 5) is 8.83. The van der Waals surface area contributed by atoms with Gasteiger partial charge in [0, 0.05) is 17.3 Å². The van der Waals surface area contributed by atoms with Gasteiger partial charge >= 0.3 is 0 Å². The molecule has 0 aliphatic carbocycles. The number of imidazole rings is 1. The van der Waals surface area contributed by atoms with Gasteiger partial charge in [-0.15, -0.1) is 11.3 Å². The number of thiazole rings is 1. The van der Waals surface area contributed by atoms with E-state index in [-0.39, 0.29) is 17.4 Å². The number of hydrogen-bond donors (Lipinski definition) is 2. The summed E-state index contributed by atoms with van der Waals surface area (Å²) >= 11 is 1.32. The van der Waals surface area contributed by atoms with Crippen LogP contribution in [0.3, 0.4) is 0 Å². The number of nitrogens with one attached hydrogen (secondary N) is 1. The SMILES string of the molecule is Cc1cccc(CNS(=O)(=O)c2c(N)nc3sccn23)n1. The van der Waals surface area contributed by atoms with Crippen LogP contribution in [0.1, 0.15) is 11.4 Å². The van der Waals surface area contributed by atoms with Gasteiger partial charge in [-0.3, -0.25) is 9.38 Å². The quantitative estimate of drug-likeness (QED) is 0.750. The minimum Gasteiger partial charge on any atom is -0.381 e. The summed E-state index contributed by atoms with van der Waals surface area (Å²) in [5, 5.41) is 1.72. The number of sulfonamides is 1. The van der Waals surface area contributed by atoms with E-state index >= 15 is 0 Å². The monoisotopic (exact) mass is 323 g/mol. The van der Waals surface area contributed by atoms with Crippen LogP contribution in [-0.2, 0) is 16.6 Å². The van der Waals surface area contributed by atoms with E-state index in [1.807, 2.05) is 19.1 Å². The van der Waals surface area contributed by atoms with E-state index < -0.39 is 10.0 Å². The number of pyridine rings is 1. The molecule has 0 fully saturated rings. The van der Waals surface area contributed by atoms with E-state index in [0.29, 0.717) is 10.7 Å². The van der Waals surface area contributed by atoms with Crippen LogP contribution in [0.15, 0.2) is 34.8 Å². The van der Waals surface area contributed by atoms with E-state index in [2.05, 4.69) is 14.7 Å². The van der Waals surface area contributed by atoms with Gasteiger partial charge in [0.15, 0.2) is 15.8 Å². The molecule has 0 amide bonds. The molecule has 3 heterocycles. The number of nitrogens with two attached hydrogens (primary N) is 1. The molecule has 0 aliphatic rings. The second kappa shape index (κ2) is 5.10. The van der Waals surface area contributed by atoms with Crippen LogP contribution < -0.4 is 10.5 Å². The van der Waals surface area contributed by atoms with Gasteiger partial charge in [-0.2, -0.15) is 0 Å². The number of fused-ring (bicyclic) bond motifs is 1. The largest absolute Gasteiger partial charge is 0.381 e. The number of nitrogens with zero attached hydrogens (tertiary/aromatic N) is 3. The number of rotatable bonds is 4. The molecule has 110 valence electrons. The van der Waals surface area contributed by atoms with Crippen molar-refractivity contribution in [2.24, 2.45) is 0 Å². The third-order valence-corrected chi connectivity index (χ3v) is 5.08. The van der Waals surface area contributed by atoms with Crippen LogP contribution in [0.5, 0.6) is 0 Å². The van der Waals surface area contributed by atoms with Crippen LogP contribution in [0.2, 0.25) is 0 Å². The first-order valence-corrected chi connectivity index (χ1v) is 8.47. The van der Waals surface area contributed by atoms with Crippen LogP contribution in [0.4, 0.5) is 5.82 Å². The Kier molecular flexibility index (Phi) is 3.40. The lowest BCUT2D eigenvalue weighted by molar-refractivity contribution is 0.576. The zero-order valence-electron chi connectivity index (χ0n) is 11.1. The summed E-state index contributed by atoms with van der Waals surface area (Å²) in [6.45, 7) is 1.95. The highest BCUT2D eigenvalue weighted by Gasteiger charge is 2.24. The Bertz CT molecular complexity index is 897.